The van der Waals surface area contributed by atoms with Gasteiger partial charge < -0.3 is 10.1 Å². The number of esters is 1. The molecular formula is C17H25NO3. The van der Waals surface area contributed by atoms with Gasteiger partial charge in [0, 0.05) is 0 Å². The number of nitrogens with one attached hydrogen (secondary N) is 1. The first-order chi connectivity index (χ1) is 9.85. The first-order valence-corrected chi connectivity index (χ1v) is 7.32. The van der Waals surface area contributed by atoms with Gasteiger partial charge in [0.25, 0.3) is 0 Å². The Bertz CT molecular complexity index is 479. The van der Waals surface area contributed by atoms with Crippen LogP contribution in [0.3, 0.4) is 0 Å². The van der Waals surface area contributed by atoms with Crippen LogP contribution in [0, 0.1) is 5.92 Å². The molecule has 0 aromatic heterocycles. The van der Waals surface area contributed by atoms with E-state index in [1.54, 1.807) is 6.92 Å². The average Bonchev–Trinajstić information content (AvgIpc) is 2.45. The van der Waals surface area contributed by atoms with Crippen molar-refractivity contribution in [1.29, 1.82) is 0 Å². The van der Waals surface area contributed by atoms with E-state index >= 15 is 0 Å². The van der Waals surface area contributed by atoms with Gasteiger partial charge >= 0.3 is 5.97 Å². The van der Waals surface area contributed by atoms with E-state index in [4.69, 9.17) is 0 Å². The molecule has 0 spiro atoms. The van der Waals surface area contributed by atoms with Gasteiger partial charge in [0.1, 0.15) is 6.04 Å². The number of benzene rings is 1. The Morgan fingerprint density at radius 2 is 1.67 bits per heavy atom. The van der Waals surface area contributed by atoms with Crippen LogP contribution in [0.4, 0.5) is 0 Å². The van der Waals surface area contributed by atoms with Crippen LogP contribution in [-0.4, -0.2) is 25.0 Å². The molecule has 0 aliphatic rings. The van der Waals surface area contributed by atoms with Gasteiger partial charge in [0.05, 0.1) is 13.0 Å². The van der Waals surface area contributed by atoms with E-state index in [-0.39, 0.29) is 11.8 Å². The Kier molecular flexibility index (Phi) is 6.40. The lowest BCUT2D eigenvalue weighted by molar-refractivity contribution is -0.144. The molecule has 4 nitrogen and oxygen atoms in total. The van der Waals surface area contributed by atoms with E-state index in [1.807, 2.05) is 19.1 Å². The minimum atomic E-state index is -0.634. The van der Waals surface area contributed by atoms with Crippen molar-refractivity contribution < 1.29 is 14.3 Å². The summed E-state index contributed by atoms with van der Waals surface area (Å²) in [5.74, 6) is -0.310. The summed E-state index contributed by atoms with van der Waals surface area (Å²) < 4.78 is 4.60. The number of ether oxygens (including phenoxy) is 1. The Morgan fingerprint density at radius 1 is 1.10 bits per heavy atom. The molecule has 2 atom stereocenters. The maximum Gasteiger partial charge on any atom is 0.328 e. The normalized spacial score (nSPS) is 13.6. The molecule has 0 bridgehead atoms. The van der Waals surface area contributed by atoms with Gasteiger partial charge in [-0.25, -0.2) is 4.79 Å². The van der Waals surface area contributed by atoms with Crippen LogP contribution < -0.4 is 5.32 Å². The van der Waals surface area contributed by atoms with Gasteiger partial charge in [-0.15, -0.1) is 0 Å². The monoisotopic (exact) mass is 291 g/mol. The van der Waals surface area contributed by atoms with Crippen molar-refractivity contribution in [3.8, 4) is 0 Å². The lowest BCUT2D eigenvalue weighted by Gasteiger charge is -2.16. The molecule has 0 aliphatic heterocycles. The molecule has 116 valence electrons. The maximum atomic E-state index is 12.1. The second kappa shape index (κ2) is 7.81. The number of amides is 1. The highest BCUT2D eigenvalue weighted by Gasteiger charge is 2.21. The molecule has 0 saturated carbocycles. The number of hydrogen-bond acceptors (Lipinski definition) is 3. The standard InChI is InChI=1S/C17H25NO3/c1-11(2)10-14-6-8-15(9-7-14)12(3)16(19)18-13(4)17(20)21-5/h6-9,11-13H,10H2,1-5H3,(H,18,19)/t12-,13+/m0/s1. The van der Waals surface area contributed by atoms with Crippen LogP contribution in [-0.2, 0) is 20.7 Å². The van der Waals surface area contributed by atoms with Gasteiger partial charge in [0.2, 0.25) is 5.91 Å². The van der Waals surface area contributed by atoms with Crippen LogP contribution in [0.1, 0.15) is 44.7 Å². The molecule has 1 amide bonds. The third kappa shape index (κ3) is 5.21. The van der Waals surface area contributed by atoms with Crippen LogP contribution in [0.2, 0.25) is 0 Å². The second-order valence-electron chi connectivity index (χ2n) is 5.81. The molecule has 1 aromatic rings. The van der Waals surface area contributed by atoms with Crippen LogP contribution in [0.5, 0.6) is 0 Å². The molecule has 0 aliphatic carbocycles. The molecule has 21 heavy (non-hydrogen) atoms. The van der Waals surface area contributed by atoms with Crippen molar-refractivity contribution in [1.82, 2.24) is 5.32 Å². The molecule has 1 rings (SSSR count). The van der Waals surface area contributed by atoms with Gasteiger partial charge in [-0.2, -0.15) is 0 Å². The summed E-state index contributed by atoms with van der Waals surface area (Å²) in [6.45, 7) is 7.80. The van der Waals surface area contributed by atoms with Crippen molar-refractivity contribution in [3.05, 3.63) is 35.4 Å². The highest BCUT2D eigenvalue weighted by atomic mass is 16.5. The van der Waals surface area contributed by atoms with Crippen molar-refractivity contribution in [2.75, 3.05) is 7.11 Å². The minimum absolute atomic E-state index is 0.176. The molecule has 4 heteroatoms. The van der Waals surface area contributed by atoms with Gasteiger partial charge in [-0.1, -0.05) is 38.1 Å². The third-order valence-electron chi connectivity index (χ3n) is 3.43. The second-order valence-corrected chi connectivity index (χ2v) is 5.81. The van der Waals surface area contributed by atoms with E-state index in [9.17, 15) is 9.59 Å². The molecule has 0 fully saturated rings. The summed E-state index contributed by atoms with van der Waals surface area (Å²) in [5.41, 5.74) is 2.21. The van der Waals surface area contributed by atoms with E-state index in [2.05, 4.69) is 36.0 Å². The van der Waals surface area contributed by atoms with Gasteiger partial charge in [0.15, 0.2) is 0 Å². The molecule has 0 radical (unpaired) electrons. The van der Waals surface area contributed by atoms with E-state index in [0.29, 0.717) is 5.92 Å². The van der Waals surface area contributed by atoms with E-state index in [1.165, 1.54) is 12.7 Å². The van der Waals surface area contributed by atoms with Crippen molar-refractivity contribution in [2.45, 2.75) is 46.1 Å². The van der Waals surface area contributed by atoms with Crippen molar-refractivity contribution in [2.24, 2.45) is 5.92 Å². The average molecular weight is 291 g/mol. The SMILES string of the molecule is COC(=O)[C@@H](C)NC(=O)[C@@H](C)c1ccc(CC(C)C)cc1. The van der Waals surface area contributed by atoms with Gasteiger partial charge in [-0.3, -0.25) is 4.79 Å². The Morgan fingerprint density at radius 3 is 2.14 bits per heavy atom. The fraction of sp³-hybridized carbons (Fsp3) is 0.529. The summed E-state index contributed by atoms with van der Waals surface area (Å²) in [6, 6.07) is 7.44. The third-order valence-corrected chi connectivity index (χ3v) is 3.43. The van der Waals surface area contributed by atoms with Crippen molar-refractivity contribution in [3.63, 3.8) is 0 Å². The van der Waals surface area contributed by atoms with Crippen molar-refractivity contribution >= 4 is 11.9 Å². The summed E-state index contributed by atoms with van der Waals surface area (Å²) in [4.78, 5) is 23.4. The smallest absolute Gasteiger partial charge is 0.328 e. The first-order valence-electron chi connectivity index (χ1n) is 7.32. The highest BCUT2D eigenvalue weighted by Crippen LogP contribution is 2.18. The van der Waals surface area contributed by atoms with E-state index in [0.717, 1.165) is 12.0 Å². The zero-order chi connectivity index (χ0) is 16.0. The minimum Gasteiger partial charge on any atom is -0.467 e. The van der Waals surface area contributed by atoms with Crippen LogP contribution in [0.25, 0.3) is 0 Å². The zero-order valence-electron chi connectivity index (χ0n) is 13.5. The summed E-state index contributed by atoms with van der Waals surface area (Å²) in [6.07, 6.45) is 1.03. The molecule has 0 unspecified atom stereocenters. The number of carbonyl (C=O) groups is 2. The fourth-order valence-electron chi connectivity index (χ4n) is 2.14. The van der Waals surface area contributed by atoms with Crippen LogP contribution in [0.15, 0.2) is 24.3 Å². The predicted molar refractivity (Wildman–Crippen MR) is 83.0 cm³/mol. The number of methoxy groups -OCH3 is 1. The lowest BCUT2D eigenvalue weighted by atomic mass is 9.96. The first kappa shape index (κ1) is 17.2. The fourth-order valence-corrected chi connectivity index (χ4v) is 2.14. The molecule has 0 heterocycles. The Hall–Kier alpha value is -1.84. The largest absolute Gasteiger partial charge is 0.467 e. The highest BCUT2D eigenvalue weighted by molar-refractivity contribution is 5.88. The Labute approximate surface area is 126 Å². The lowest BCUT2D eigenvalue weighted by Crippen LogP contribution is -2.41. The van der Waals surface area contributed by atoms with Crippen LogP contribution >= 0.6 is 0 Å². The predicted octanol–water partition coefficient (Wildman–Crippen LogP) is 2.67. The summed E-state index contributed by atoms with van der Waals surface area (Å²) >= 11 is 0. The number of rotatable bonds is 6. The zero-order valence-corrected chi connectivity index (χ0v) is 13.5. The maximum absolute atomic E-state index is 12.1. The van der Waals surface area contributed by atoms with E-state index < -0.39 is 12.0 Å². The number of carbonyl (C=O) groups excluding carboxylic acids is 2. The summed E-state index contributed by atoms with van der Waals surface area (Å²) in [7, 11) is 1.31. The molecular weight excluding hydrogens is 266 g/mol. The quantitative estimate of drug-likeness (QED) is 0.820. The topological polar surface area (TPSA) is 55.4 Å². The molecule has 0 saturated heterocycles. The van der Waals surface area contributed by atoms with Gasteiger partial charge in [-0.05, 0) is 37.3 Å². The number of hydrogen-bond donors (Lipinski definition) is 1. The Balaban J connectivity index is 2.67. The molecule has 1 N–H and O–H groups in total. The molecule has 1 aromatic carbocycles. The summed E-state index contributed by atoms with van der Waals surface area (Å²) in [5, 5.41) is 2.66.